The lowest BCUT2D eigenvalue weighted by molar-refractivity contribution is 1.37. The minimum atomic E-state index is 0.842. The normalized spacial score (nSPS) is 9.17. The predicted molar refractivity (Wildman–Crippen MR) is 76.3 cm³/mol. The number of aryl methyl sites for hydroxylation is 2. The van der Waals surface area contributed by atoms with Crippen LogP contribution in [0.1, 0.15) is 27.8 Å². The molecule has 2 rings (SSSR count). The molecule has 0 nitrogen and oxygen atoms in total. The predicted octanol–water partition coefficient (Wildman–Crippen LogP) is 3.68. The van der Waals surface area contributed by atoms with Gasteiger partial charge in [-0.15, -0.1) is 6.42 Å². The maximum Gasteiger partial charge on any atom is 0.0405 e. The summed E-state index contributed by atoms with van der Waals surface area (Å²) in [5, 5.41) is 0. The topological polar surface area (TPSA) is 0 Å². The van der Waals surface area contributed by atoms with Crippen LogP contribution < -0.4 is 0 Å². The van der Waals surface area contributed by atoms with Crippen molar-refractivity contribution in [2.24, 2.45) is 0 Å². The first-order valence-corrected chi connectivity index (χ1v) is 5.85. The van der Waals surface area contributed by atoms with E-state index in [0.29, 0.717) is 0 Å². The second-order valence-corrected chi connectivity index (χ2v) is 4.32. The van der Waals surface area contributed by atoms with E-state index in [1.165, 1.54) is 11.1 Å². The van der Waals surface area contributed by atoms with Gasteiger partial charge >= 0.3 is 0 Å². The number of benzene rings is 2. The highest BCUT2D eigenvalue weighted by Crippen LogP contribution is 2.09. The number of terminal acetylenes is 1. The Morgan fingerprint density at radius 3 is 2.06 bits per heavy atom. The highest BCUT2D eigenvalue weighted by Gasteiger charge is 1.95. The molecule has 0 N–H and O–H groups in total. The van der Waals surface area contributed by atoms with E-state index in [1.807, 2.05) is 24.3 Å². The minimum absolute atomic E-state index is 0.842. The third kappa shape index (κ3) is 2.82. The maximum atomic E-state index is 5.45. The second-order valence-electron chi connectivity index (χ2n) is 4.32. The molecule has 0 heteroatoms. The van der Waals surface area contributed by atoms with Crippen LogP contribution in [-0.4, -0.2) is 0 Å². The van der Waals surface area contributed by atoms with Gasteiger partial charge in [-0.05, 0) is 49.2 Å². The lowest BCUT2D eigenvalue weighted by Gasteiger charge is -1.98. The molecular formula is C18H14. The molecule has 0 unspecified atom stereocenters. The van der Waals surface area contributed by atoms with Crippen LogP contribution in [0.5, 0.6) is 0 Å². The average Bonchev–Trinajstić information content (AvgIpc) is 2.35. The van der Waals surface area contributed by atoms with Crippen LogP contribution in [0, 0.1) is 38.0 Å². The van der Waals surface area contributed by atoms with Crippen LogP contribution in [0.15, 0.2) is 42.5 Å². The molecule has 0 aromatic heterocycles. The summed E-state index contributed by atoms with van der Waals surface area (Å²) in [5.41, 5.74) is 5.22. The van der Waals surface area contributed by atoms with Crippen LogP contribution in [0.25, 0.3) is 0 Å². The molecule has 0 aliphatic heterocycles. The maximum absolute atomic E-state index is 5.45. The lowest BCUT2D eigenvalue weighted by atomic mass is 10.1. The van der Waals surface area contributed by atoms with Crippen LogP contribution in [-0.2, 0) is 0 Å². The van der Waals surface area contributed by atoms with Crippen LogP contribution in [0.4, 0.5) is 0 Å². The van der Waals surface area contributed by atoms with Gasteiger partial charge in [-0.25, -0.2) is 0 Å². The van der Waals surface area contributed by atoms with Crippen molar-refractivity contribution in [2.75, 3.05) is 0 Å². The fourth-order valence-electron chi connectivity index (χ4n) is 1.90. The second kappa shape index (κ2) is 5.26. The van der Waals surface area contributed by atoms with E-state index in [0.717, 1.165) is 16.7 Å². The number of rotatable bonds is 0. The van der Waals surface area contributed by atoms with Gasteiger partial charge in [-0.2, -0.15) is 0 Å². The third-order valence-corrected chi connectivity index (χ3v) is 2.65. The molecule has 0 saturated carbocycles. The van der Waals surface area contributed by atoms with Crippen molar-refractivity contribution in [2.45, 2.75) is 13.8 Å². The number of hydrogen-bond donors (Lipinski definition) is 0. The molecule has 2 aromatic carbocycles. The van der Waals surface area contributed by atoms with Crippen LogP contribution in [0.3, 0.4) is 0 Å². The molecule has 0 amide bonds. The first-order valence-electron chi connectivity index (χ1n) is 5.85. The first kappa shape index (κ1) is 12.0. The van der Waals surface area contributed by atoms with Gasteiger partial charge in [-0.3, -0.25) is 0 Å². The zero-order valence-electron chi connectivity index (χ0n) is 10.6. The summed E-state index contributed by atoms with van der Waals surface area (Å²) in [4.78, 5) is 0. The van der Waals surface area contributed by atoms with Crippen molar-refractivity contribution >= 4 is 0 Å². The zero-order valence-corrected chi connectivity index (χ0v) is 10.6. The minimum Gasteiger partial charge on any atom is -0.115 e. The summed E-state index contributed by atoms with van der Waals surface area (Å²) in [6.45, 7) is 4.15. The summed E-state index contributed by atoms with van der Waals surface area (Å²) in [6.07, 6.45) is 5.45. The summed E-state index contributed by atoms with van der Waals surface area (Å²) in [5.74, 6) is 8.97. The van der Waals surface area contributed by atoms with Crippen molar-refractivity contribution in [1.82, 2.24) is 0 Å². The van der Waals surface area contributed by atoms with Crippen molar-refractivity contribution in [3.05, 3.63) is 70.3 Å². The van der Waals surface area contributed by atoms with E-state index in [-0.39, 0.29) is 0 Å². The Hall–Kier alpha value is -2.44. The highest BCUT2D eigenvalue weighted by molar-refractivity contribution is 5.52. The van der Waals surface area contributed by atoms with Gasteiger partial charge in [0.1, 0.15) is 0 Å². The Morgan fingerprint density at radius 1 is 0.833 bits per heavy atom. The van der Waals surface area contributed by atoms with Gasteiger partial charge in [0.25, 0.3) is 0 Å². The Bertz CT molecular complexity index is 653. The molecule has 0 saturated heterocycles. The first-order chi connectivity index (χ1) is 8.69. The Labute approximate surface area is 109 Å². The zero-order chi connectivity index (χ0) is 13.0. The van der Waals surface area contributed by atoms with Crippen molar-refractivity contribution in [3.63, 3.8) is 0 Å². The van der Waals surface area contributed by atoms with Crippen molar-refractivity contribution in [3.8, 4) is 24.2 Å². The molecule has 0 fully saturated rings. The van der Waals surface area contributed by atoms with Gasteiger partial charge in [0, 0.05) is 16.7 Å². The lowest BCUT2D eigenvalue weighted by Crippen LogP contribution is -1.84. The SMILES string of the molecule is C#Cc1ccccc1C#Cc1cc(C)cc(C)c1. The van der Waals surface area contributed by atoms with Gasteiger partial charge in [0.15, 0.2) is 0 Å². The molecule has 86 valence electrons. The van der Waals surface area contributed by atoms with Gasteiger partial charge < -0.3 is 0 Å². The summed E-state index contributed by atoms with van der Waals surface area (Å²) >= 11 is 0. The van der Waals surface area contributed by atoms with E-state index >= 15 is 0 Å². The highest BCUT2D eigenvalue weighted by atomic mass is 14.0. The van der Waals surface area contributed by atoms with Gasteiger partial charge in [0.05, 0.1) is 0 Å². The van der Waals surface area contributed by atoms with E-state index in [4.69, 9.17) is 6.42 Å². The van der Waals surface area contributed by atoms with Crippen LogP contribution in [0.2, 0.25) is 0 Å². The molecule has 0 atom stereocenters. The third-order valence-electron chi connectivity index (χ3n) is 2.65. The largest absolute Gasteiger partial charge is 0.115 e. The molecule has 0 spiro atoms. The molecule has 2 aromatic rings. The summed E-state index contributed by atoms with van der Waals surface area (Å²) in [6, 6.07) is 14.0. The van der Waals surface area contributed by atoms with Gasteiger partial charge in [-0.1, -0.05) is 36.0 Å². The molecule has 0 aliphatic carbocycles. The monoisotopic (exact) mass is 230 g/mol. The fourth-order valence-corrected chi connectivity index (χ4v) is 1.90. The number of hydrogen-bond acceptors (Lipinski definition) is 0. The molecular weight excluding hydrogens is 216 g/mol. The molecule has 0 radical (unpaired) electrons. The quantitative estimate of drug-likeness (QED) is 0.606. The molecule has 18 heavy (non-hydrogen) atoms. The van der Waals surface area contributed by atoms with E-state index < -0.39 is 0 Å². The standard InChI is InChI=1S/C18H14/c1-4-17-7-5-6-8-18(17)10-9-16-12-14(2)11-15(3)13-16/h1,5-8,11-13H,2-3H3. The van der Waals surface area contributed by atoms with Crippen LogP contribution >= 0.6 is 0 Å². The molecule has 0 bridgehead atoms. The Morgan fingerprint density at radius 2 is 1.44 bits per heavy atom. The van der Waals surface area contributed by atoms with E-state index in [2.05, 4.69) is 49.8 Å². The Balaban J connectivity index is 2.40. The van der Waals surface area contributed by atoms with Crippen molar-refractivity contribution in [1.29, 1.82) is 0 Å². The fraction of sp³-hybridized carbons (Fsp3) is 0.111. The average molecular weight is 230 g/mol. The van der Waals surface area contributed by atoms with Crippen molar-refractivity contribution < 1.29 is 0 Å². The van der Waals surface area contributed by atoms with E-state index in [1.54, 1.807) is 0 Å². The smallest absolute Gasteiger partial charge is 0.0405 e. The van der Waals surface area contributed by atoms with E-state index in [9.17, 15) is 0 Å². The molecule has 0 aliphatic rings. The summed E-state index contributed by atoms with van der Waals surface area (Å²) in [7, 11) is 0. The van der Waals surface area contributed by atoms with Gasteiger partial charge in [0.2, 0.25) is 0 Å². The molecule has 0 heterocycles. The Kier molecular flexibility index (Phi) is 3.52. The summed E-state index contributed by atoms with van der Waals surface area (Å²) < 4.78 is 0.